The Bertz CT molecular complexity index is 1100. The normalized spacial score (nSPS) is 18.1. The zero-order valence-corrected chi connectivity index (χ0v) is 16.1. The first kappa shape index (κ1) is 18.5. The molecule has 0 unspecified atom stereocenters. The van der Waals surface area contributed by atoms with Crippen molar-refractivity contribution in [2.75, 3.05) is 6.61 Å². The van der Waals surface area contributed by atoms with E-state index in [1.807, 2.05) is 6.07 Å². The maximum absolute atomic E-state index is 13.0. The summed E-state index contributed by atoms with van der Waals surface area (Å²) in [5.41, 5.74) is 0.396. The van der Waals surface area contributed by atoms with Crippen LogP contribution >= 0.6 is 23.2 Å². The van der Waals surface area contributed by atoms with E-state index in [2.05, 4.69) is 15.3 Å². The molecule has 1 aliphatic rings. The highest BCUT2D eigenvalue weighted by Gasteiger charge is 2.42. The number of pyridine rings is 2. The Labute approximate surface area is 170 Å². The number of H-pyrrole nitrogens is 1. The van der Waals surface area contributed by atoms with Gasteiger partial charge in [-0.15, -0.1) is 0 Å². The van der Waals surface area contributed by atoms with Crippen LogP contribution in [0.2, 0.25) is 10.0 Å². The molecule has 0 saturated carbocycles. The van der Waals surface area contributed by atoms with Gasteiger partial charge >= 0.3 is 0 Å². The number of aromatic amines is 1. The number of benzene rings is 1. The molecular weight excluding hydrogens is 401 g/mol. The number of nitrogens with zero attached hydrogens (tertiary/aromatic N) is 1. The lowest BCUT2D eigenvalue weighted by Crippen LogP contribution is -2.50. The molecule has 28 heavy (non-hydrogen) atoms. The minimum absolute atomic E-state index is 0.283. The molecule has 1 aromatic carbocycles. The number of amides is 1. The summed E-state index contributed by atoms with van der Waals surface area (Å²) >= 11 is 12.3. The minimum Gasteiger partial charge on any atom is -0.491 e. The van der Waals surface area contributed by atoms with Gasteiger partial charge in [0.15, 0.2) is 0 Å². The molecule has 1 atom stereocenters. The van der Waals surface area contributed by atoms with Gasteiger partial charge < -0.3 is 15.0 Å². The van der Waals surface area contributed by atoms with Crippen LogP contribution in [0.15, 0.2) is 59.7 Å². The Morgan fingerprint density at radius 3 is 2.79 bits per heavy atom. The number of ether oxygens (including phenoxy) is 1. The summed E-state index contributed by atoms with van der Waals surface area (Å²) in [5, 5.41) is 3.88. The minimum atomic E-state index is -0.962. The average Bonchev–Trinajstić information content (AvgIpc) is 2.70. The van der Waals surface area contributed by atoms with Gasteiger partial charge in [0.05, 0.1) is 22.2 Å². The lowest BCUT2D eigenvalue weighted by molar-refractivity contribution is 0.0883. The highest BCUT2D eigenvalue weighted by molar-refractivity contribution is 6.42. The molecule has 142 valence electrons. The molecule has 0 radical (unpaired) electrons. The molecule has 2 N–H and O–H groups in total. The van der Waals surface area contributed by atoms with E-state index < -0.39 is 5.54 Å². The zero-order valence-electron chi connectivity index (χ0n) is 14.5. The number of fused-ring (bicyclic) bond motifs is 1. The second kappa shape index (κ2) is 7.30. The van der Waals surface area contributed by atoms with Crippen LogP contribution in [0.4, 0.5) is 0 Å². The summed E-state index contributed by atoms with van der Waals surface area (Å²) in [6.07, 6.45) is 3.47. The zero-order chi connectivity index (χ0) is 19.7. The third kappa shape index (κ3) is 3.25. The monoisotopic (exact) mass is 415 g/mol. The lowest BCUT2D eigenvalue weighted by Gasteiger charge is -2.39. The van der Waals surface area contributed by atoms with E-state index in [4.69, 9.17) is 27.9 Å². The Morgan fingerprint density at radius 2 is 2.04 bits per heavy atom. The highest BCUT2D eigenvalue weighted by atomic mass is 35.5. The summed E-state index contributed by atoms with van der Waals surface area (Å²) in [6, 6.07) is 11.6. The fourth-order valence-corrected chi connectivity index (χ4v) is 3.61. The standard InChI is InChI=1S/C20H15Cl2N3O3/c21-14-5-4-13(10-15(14)22)20(7-9-28-16-2-1-8-23-18(16)20)25-19(27)12-3-6-17(26)24-11-12/h1-6,8,10-11H,7,9H2,(H,24,26)(H,25,27)/t20-/m0/s1. The van der Waals surface area contributed by atoms with Crippen molar-refractivity contribution in [3.63, 3.8) is 0 Å². The van der Waals surface area contributed by atoms with Gasteiger partial charge in [-0.05, 0) is 35.9 Å². The maximum Gasteiger partial charge on any atom is 0.253 e. The summed E-state index contributed by atoms with van der Waals surface area (Å²) in [6.45, 7) is 0.380. The van der Waals surface area contributed by atoms with Crippen LogP contribution in [0.25, 0.3) is 0 Å². The molecule has 8 heteroatoms. The fourth-order valence-electron chi connectivity index (χ4n) is 3.31. The molecule has 3 heterocycles. The van der Waals surface area contributed by atoms with E-state index in [0.29, 0.717) is 40.1 Å². The number of carbonyl (C=O) groups is 1. The fraction of sp³-hybridized carbons (Fsp3) is 0.150. The van der Waals surface area contributed by atoms with Gasteiger partial charge in [-0.1, -0.05) is 29.3 Å². The van der Waals surface area contributed by atoms with Gasteiger partial charge in [-0.25, -0.2) is 0 Å². The largest absolute Gasteiger partial charge is 0.491 e. The third-order valence-electron chi connectivity index (χ3n) is 4.70. The van der Waals surface area contributed by atoms with Gasteiger partial charge in [-0.3, -0.25) is 14.6 Å². The van der Waals surface area contributed by atoms with Gasteiger partial charge in [0.1, 0.15) is 17.0 Å². The van der Waals surface area contributed by atoms with Crippen LogP contribution in [0, 0.1) is 0 Å². The summed E-state index contributed by atoms with van der Waals surface area (Å²) in [5.74, 6) is 0.224. The van der Waals surface area contributed by atoms with Crippen LogP contribution in [0.5, 0.6) is 5.75 Å². The number of rotatable bonds is 3. The highest BCUT2D eigenvalue weighted by Crippen LogP contribution is 2.42. The quantitative estimate of drug-likeness (QED) is 0.684. The Hall–Kier alpha value is -2.83. The molecule has 0 spiro atoms. The molecule has 0 aliphatic carbocycles. The predicted octanol–water partition coefficient (Wildman–Crippen LogP) is 3.53. The summed E-state index contributed by atoms with van der Waals surface area (Å²) in [4.78, 5) is 31.3. The average molecular weight is 416 g/mol. The molecule has 0 fully saturated rings. The van der Waals surface area contributed by atoms with Crippen molar-refractivity contribution in [1.82, 2.24) is 15.3 Å². The van der Waals surface area contributed by atoms with Crippen molar-refractivity contribution in [2.24, 2.45) is 0 Å². The second-order valence-electron chi connectivity index (χ2n) is 6.38. The summed E-state index contributed by atoms with van der Waals surface area (Å²) < 4.78 is 5.74. The molecule has 6 nitrogen and oxygen atoms in total. The van der Waals surface area contributed by atoms with Gasteiger partial charge in [0.2, 0.25) is 5.56 Å². The van der Waals surface area contributed by atoms with Gasteiger partial charge in [-0.2, -0.15) is 0 Å². The van der Waals surface area contributed by atoms with Crippen molar-refractivity contribution in [3.8, 4) is 5.75 Å². The van der Waals surface area contributed by atoms with Crippen molar-refractivity contribution in [3.05, 3.63) is 92.1 Å². The van der Waals surface area contributed by atoms with Crippen LogP contribution in [0.1, 0.15) is 28.0 Å². The number of carbonyl (C=O) groups excluding carboxylic acids is 1. The van der Waals surface area contributed by atoms with E-state index in [9.17, 15) is 9.59 Å². The number of hydrogen-bond donors (Lipinski definition) is 2. The smallest absolute Gasteiger partial charge is 0.253 e. The first-order chi connectivity index (χ1) is 13.5. The second-order valence-corrected chi connectivity index (χ2v) is 7.19. The van der Waals surface area contributed by atoms with E-state index in [1.54, 1.807) is 30.5 Å². The molecule has 4 rings (SSSR count). The first-order valence-corrected chi connectivity index (χ1v) is 9.30. The Balaban J connectivity index is 1.85. The first-order valence-electron chi connectivity index (χ1n) is 8.55. The maximum atomic E-state index is 13.0. The van der Waals surface area contributed by atoms with Crippen molar-refractivity contribution < 1.29 is 9.53 Å². The van der Waals surface area contributed by atoms with Gasteiger partial charge in [0.25, 0.3) is 5.91 Å². The van der Waals surface area contributed by atoms with Crippen LogP contribution in [-0.2, 0) is 5.54 Å². The van der Waals surface area contributed by atoms with E-state index in [0.717, 1.165) is 5.56 Å². The van der Waals surface area contributed by atoms with E-state index in [1.165, 1.54) is 18.3 Å². The molecular formula is C20H15Cl2N3O3. The van der Waals surface area contributed by atoms with E-state index >= 15 is 0 Å². The molecule has 0 saturated heterocycles. The molecule has 2 aromatic heterocycles. The molecule has 1 amide bonds. The number of hydrogen-bond acceptors (Lipinski definition) is 4. The van der Waals surface area contributed by atoms with Gasteiger partial charge in [0, 0.05) is 24.9 Å². The molecule has 1 aliphatic heterocycles. The van der Waals surface area contributed by atoms with Crippen LogP contribution in [0.3, 0.4) is 0 Å². The molecule has 3 aromatic rings. The van der Waals surface area contributed by atoms with Crippen molar-refractivity contribution in [2.45, 2.75) is 12.0 Å². The predicted molar refractivity (Wildman–Crippen MR) is 106 cm³/mol. The number of halogens is 2. The van der Waals surface area contributed by atoms with Crippen molar-refractivity contribution >= 4 is 29.1 Å². The van der Waals surface area contributed by atoms with Crippen molar-refractivity contribution in [1.29, 1.82) is 0 Å². The summed E-state index contributed by atoms with van der Waals surface area (Å²) in [7, 11) is 0. The van der Waals surface area contributed by atoms with E-state index in [-0.39, 0.29) is 11.5 Å². The molecule has 0 bridgehead atoms. The SMILES string of the molecule is O=C(N[C@]1(c2ccc(Cl)c(Cl)c2)CCOc2cccnc21)c1ccc(=O)[nH]c1. The Kier molecular flexibility index (Phi) is 4.83. The third-order valence-corrected chi connectivity index (χ3v) is 5.43. The lowest BCUT2D eigenvalue weighted by atomic mass is 9.81. The Morgan fingerprint density at radius 1 is 1.18 bits per heavy atom. The van der Waals surface area contributed by atoms with Crippen LogP contribution < -0.4 is 15.6 Å². The topological polar surface area (TPSA) is 84.1 Å². The number of nitrogens with one attached hydrogen (secondary N) is 2. The number of aromatic nitrogens is 2. The van der Waals surface area contributed by atoms with Crippen LogP contribution in [-0.4, -0.2) is 22.5 Å².